The molecule has 7 heteroatoms. The maximum Gasteiger partial charge on any atom is 0.323 e. The highest BCUT2D eigenvalue weighted by Gasteiger charge is 2.43. The molecule has 3 atom stereocenters. The second kappa shape index (κ2) is 6.88. The molecule has 0 saturated carbocycles. The number of aromatic hydroxyl groups is 1. The SMILES string of the molecule is CC(=O)N(CC(=O)O)[C@H]1C[C@H]2CC[C@@H](C1)N2Cc1c[nH]c2cc(O)ccc12. The average molecular weight is 371 g/mol. The van der Waals surface area contributed by atoms with E-state index in [1.54, 1.807) is 12.1 Å². The van der Waals surface area contributed by atoms with E-state index in [1.165, 1.54) is 17.4 Å². The number of phenolic OH excluding ortho intramolecular Hbond substituents is 1. The predicted molar refractivity (Wildman–Crippen MR) is 100 cm³/mol. The van der Waals surface area contributed by atoms with Gasteiger partial charge in [-0.1, -0.05) is 0 Å². The quantitative estimate of drug-likeness (QED) is 0.749. The number of benzene rings is 1. The number of aromatic amines is 1. The first-order valence-electron chi connectivity index (χ1n) is 9.46. The third-order valence-electron chi connectivity index (χ3n) is 6.11. The number of phenols is 1. The van der Waals surface area contributed by atoms with Crippen LogP contribution in [0.1, 0.15) is 38.2 Å². The van der Waals surface area contributed by atoms with Crippen LogP contribution in [-0.4, -0.2) is 61.5 Å². The predicted octanol–water partition coefficient (Wildman–Crippen LogP) is 2.30. The Hall–Kier alpha value is -2.54. The number of fused-ring (bicyclic) bond motifs is 3. The number of carboxylic acids is 1. The van der Waals surface area contributed by atoms with Gasteiger partial charge in [-0.2, -0.15) is 0 Å². The average Bonchev–Trinajstić information content (AvgIpc) is 3.09. The number of hydrogen-bond donors (Lipinski definition) is 3. The van der Waals surface area contributed by atoms with E-state index in [0.717, 1.165) is 43.1 Å². The van der Waals surface area contributed by atoms with Crippen molar-refractivity contribution in [1.29, 1.82) is 0 Å². The first-order valence-corrected chi connectivity index (χ1v) is 9.46. The molecule has 2 saturated heterocycles. The lowest BCUT2D eigenvalue weighted by Crippen LogP contribution is -2.52. The van der Waals surface area contributed by atoms with Crippen molar-refractivity contribution >= 4 is 22.8 Å². The zero-order valence-electron chi connectivity index (χ0n) is 15.4. The van der Waals surface area contributed by atoms with Crippen molar-refractivity contribution in [3.05, 3.63) is 30.0 Å². The number of H-pyrrole nitrogens is 1. The molecule has 0 aliphatic carbocycles. The number of hydrogen-bond acceptors (Lipinski definition) is 4. The number of carbonyl (C=O) groups is 2. The zero-order chi connectivity index (χ0) is 19.1. The molecule has 2 aromatic rings. The van der Waals surface area contributed by atoms with Crippen molar-refractivity contribution in [2.75, 3.05) is 6.54 Å². The molecular weight excluding hydrogens is 346 g/mol. The van der Waals surface area contributed by atoms with Gasteiger partial charge in [0.15, 0.2) is 0 Å². The number of nitrogens with one attached hydrogen (secondary N) is 1. The summed E-state index contributed by atoms with van der Waals surface area (Å²) in [5.74, 6) is -0.867. The Kier molecular flexibility index (Phi) is 4.55. The number of amides is 1. The second-order valence-corrected chi connectivity index (χ2v) is 7.77. The molecule has 2 aliphatic rings. The first-order chi connectivity index (χ1) is 12.9. The second-order valence-electron chi connectivity index (χ2n) is 7.77. The summed E-state index contributed by atoms with van der Waals surface area (Å²) in [7, 11) is 0. The fourth-order valence-corrected chi connectivity index (χ4v) is 4.90. The molecule has 2 aliphatic heterocycles. The third kappa shape index (κ3) is 3.39. The van der Waals surface area contributed by atoms with E-state index in [2.05, 4.69) is 9.88 Å². The van der Waals surface area contributed by atoms with E-state index in [4.69, 9.17) is 5.11 Å². The molecule has 0 spiro atoms. The van der Waals surface area contributed by atoms with Crippen LogP contribution in [-0.2, 0) is 16.1 Å². The van der Waals surface area contributed by atoms with E-state index in [-0.39, 0.29) is 24.2 Å². The summed E-state index contributed by atoms with van der Waals surface area (Å²) < 4.78 is 0. The molecule has 0 unspecified atom stereocenters. The molecule has 4 rings (SSSR count). The van der Waals surface area contributed by atoms with Gasteiger partial charge >= 0.3 is 5.97 Å². The Morgan fingerprint density at radius 1 is 1.26 bits per heavy atom. The van der Waals surface area contributed by atoms with Gasteiger partial charge in [0.25, 0.3) is 0 Å². The molecule has 1 aromatic carbocycles. The molecular formula is C20H25N3O4. The number of carbonyl (C=O) groups excluding carboxylic acids is 1. The molecule has 2 fully saturated rings. The van der Waals surface area contributed by atoms with Crippen LogP contribution in [0.5, 0.6) is 5.75 Å². The summed E-state index contributed by atoms with van der Waals surface area (Å²) in [4.78, 5) is 30.3. The summed E-state index contributed by atoms with van der Waals surface area (Å²) in [6.45, 7) is 2.07. The van der Waals surface area contributed by atoms with Crippen molar-refractivity contribution in [2.24, 2.45) is 0 Å². The van der Waals surface area contributed by atoms with Crippen LogP contribution >= 0.6 is 0 Å². The standard InChI is InChI=1S/C20H25N3O4/c1-12(24)22(11-20(26)27)16-6-14-2-3-15(7-16)23(14)10-13-9-21-19-8-17(25)4-5-18(13)19/h4-5,8-9,14-16,21,25H,2-3,6-7,10-11H2,1H3,(H,26,27)/t14-,15+,16+. The molecule has 7 nitrogen and oxygen atoms in total. The largest absolute Gasteiger partial charge is 0.508 e. The van der Waals surface area contributed by atoms with Gasteiger partial charge in [-0.15, -0.1) is 0 Å². The van der Waals surface area contributed by atoms with Crippen molar-refractivity contribution in [1.82, 2.24) is 14.8 Å². The first kappa shape index (κ1) is 17.9. The Labute approximate surface area is 157 Å². The van der Waals surface area contributed by atoms with Gasteiger partial charge in [0.05, 0.1) is 0 Å². The van der Waals surface area contributed by atoms with Crippen LogP contribution < -0.4 is 0 Å². The number of nitrogens with zero attached hydrogens (tertiary/aromatic N) is 2. The van der Waals surface area contributed by atoms with Gasteiger partial charge in [-0.05, 0) is 43.4 Å². The number of rotatable bonds is 5. The summed E-state index contributed by atoms with van der Waals surface area (Å²) >= 11 is 0. The maximum atomic E-state index is 11.9. The van der Waals surface area contributed by atoms with Crippen LogP contribution in [0.4, 0.5) is 0 Å². The third-order valence-corrected chi connectivity index (χ3v) is 6.11. The van der Waals surface area contributed by atoms with Gasteiger partial charge in [-0.25, -0.2) is 0 Å². The molecule has 1 amide bonds. The molecule has 144 valence electrons. The highest BCUT2D eigenvalue weighted by atomic mass is 16.4. The van der Waals surface area contributed by atoms with Crippen LogP contribution in [0.2, 0.25) is 0 Å². The minimum Gasteiger partial charge on any atom is -0.508 e. The normalized spacial score (nSPS) is 25.0. The van der Waals surface area contributed by atoms with Gasteiger partial charge < -0.3 is 20.1 Å². The van der Waals surface area contributed by atoms with E-state index in [0.29, 0.717) is 12.1 Å². The van der Waals surface area contributed by atoms with Crippen molar-refractivity contribution in [3.8, 4) is 5.75 Å². The summed E-state index contributed by atoms with van der Waals surface area (Å²) in [5.41, 5.74) is 2.13. The zero-order valence-corrected chi connectivity index (χ0v) is 15.4. The molecule has 3 N–H and O–H groups in total. The summed E-state index contributed by atoms with van der Waals surface area (Å²) in [5, 5.41) is 19.9. The summed E-state index contributed by atoms with van der Waals surface area (Å²) in [6.07, 6.45) is 5.83. The minimum absolute atomic E-state index is 0.00673. The van der Waals surface area contributed by atoms with E-state index >= 15 is 0 Å². The molecule has 27 heavy (non-hydrogen) atoms. The van der Waals surface area contributed by atoms with Crippen LogP contribution in [0.15, 0.2) is 24.4 Å². The van der Waals surface area contributed by atoms with Gasteiger partial charge in [0.2, 0.25) is 5.91 Å². The van der Waals surface area contributed by atoms with Crippen LogP contribution in [0.25, 0.3) is 10.9 Å². The summed E-state index contributed by atoms with van der Waals surface area (Å²) in [6, 6.07) is 6.12. The van der Waals surface area contributed by atoms with E-state index in [9.17, 15) is 14.7 Å². The lowest BCUT2D eigenvalue weighted by Gasteiger charge is -2.42. The Bertz CT molecular complexity index is 863. The fourth-order valence-electron chi connectivity index (χ4n) is 4.90. The number of aromatic nitrogens is 1. The highest BCUT2D eigenvalue weighted by Crippen LogP contribution is 2.39. The molecule has 2 bridgehead atoms. The number of piperidine rings is 1. The molecule has 0 radical (unpaired) electrons. The fraction of sp³-hybridized carbons (Fsp3) is 0.500. The van der Waals surface area contributed by atoms with Crippen LogP contribution in [0.3, 0.4) is 0 Å². The number of aliphatic carboxylic acids is 1. The monoisotopic (exact) mass is 371 g/mol. The molecule has 1 aromatic heterocycles. The maximum absolute atomic E-state index is 11.9. The lowest BCUT2D eigenvalue weighted by atomic mass is 9.95. The Morgan fingerprint density at radius 2 is 1.96 bits per heavy atom. The van der Waals surface area contributed by atoms with E-state index < -0.39 is 5.97 Å². The Balaban J connectivity index is 1.50. The smallest absolute Gasteiger partial charge is 0.323 e. The highest BCUT2D eigenvalue weighted by molar-refractivity contribution is 5.84. The van der Waals surface area contributed by atoms with Crippen LogP contribution in [0, 0.1) is 0 Å². The molecule has 3 heterocycles. The number of carboxylic acid groups (broad SMARTS) is 1. The van der Waals surface area contributed by atoms with Gasteiger partial charge in [0, 0.05) is 54.8 Å². The van der Waals surface area contributed by atoms with Gasteiger partial charge in [-0.3, -0.25) is 14.5 Å². The van der Waals surface area contributed by atoms with Gasteiger partial charge in [0.1, 0.15) is 12.3 Å². The Morgan fingerprint density at radius 3 is 2.59 bits per heavy atom. The topological polar surface area (TPSA) is 96.9 Å². The lowest BCUT2D eigenvalue weighted by molar-refractivity contribution is -0.146. The van der Waals surface area contributed by atoms with Crippen molar-refractivity contribution in [3.63, 3.8) is 0 Å². The minimum atomic E-state index is -0.956. The van der Waals surface area contributed by atoms with Crippen molar-refractivity contribution < 1.29 is 19.8 Å². The van der Waals surface area contributed by atoms with E-state index in [1.807, 2.05) is 12.3 Å². The van der Waals surface area contributed by atoms with Crippen molar-refractivity contribution in [2.45, 2.75) is 57.3 Å².